The molecule has 23 heavy (non-hydrogen) atoms. The van der Waals surface area contributed by atoms with Crippen LogP contribution in [0, 0.1) is 10.1 Å². The topological polar surface area (TPSA) is 92.5 Å². The molecule has 0 saturated carbocycles. The molecule has 7 heteroatoms. The lowest BCUT2D eigenvalue weighted by molar-refractivity contribution is -0.385. The van der Waals surface area contributed by atoms with Crippen LogP contribution >= 0.6 is 11.6 Å². The van der Waals surface area contributed by atoms with E-state index in [0.717, 1.165) is 11.1 Å². The highest BCUT2D eigenvalue weighted by molar-refractivity contribution is 6.34. The van der Waals surface area contributed by atoms with E-state index in [1.807, 2.05) is 24.3 Å². The lowest BCUT2D eigenvalue weighted by Crippen LogP contribution is -2.34. The van der Waals surface area contributed by atoms with Crippen LogP contribution in [0.25, 0.3) is 0 Å². The highest BCUT2D eigenvalue weighted by Gasteiger charge is 2.34. The fourth-order valence-electron chi connectivity index (χ4n) is 2.85. The Morgan fingerprint density at radius 3 is 2.74 bits per heavy atom. The van der Waals surface area contributed by atoms with Crippen molar-refractivity contribution in [1.82, 2.24) is 5.32 Å². The van der Waals surface area contributed by atoms with Crippen LogP contribution < -0.4 is 5.32 Å². The van der Waals surface area contributed by atoms with Gasteiger partial charge < -0.3 is 10.4 Å². The zero-order valence-electron chi connectivity index (χ0n) is 11.9. The summed E-state index contributed by atoms with van der Waals surface area (Å²) in [6.07, 6.45) is -0.357. The SMILES string of the molecule is O=C(N[C@@H]1c2ccccc2C[C@H]1O)c1c(Cl)cccc1[N+](=O)[O-]. The number of aliphatic hydroxyl groups excluding tert-OH is 1. The average molecular weight is 333 g/mol. The third kappa shape index (κ3) is 2.78. The van der Waals surface area contributed by atoms with Gasteiger partial charge in [0, 0.05) is 12.5 Å². The molecular formula is C16H13ClN2O4. The number of hydrogen-bond donors (Lipinski definition) is 2. The van der Waals surface area contributed by atoms with Crippen molar-refractivity contribution < 1.29 is 14.8 Å². The van der Waals surface area contributed by atoms with Gasteiger partial charge in [-0.3, -0.25) is 14.9 Å². The molecule has 0 aliphatic heterocycles. The van der Waals surface area contributed by atoms with Gasteiger partial charge >= 0.3 is 0 Å². The Kier molecular flexibility index (Phi) is 4.02. The van der Waals surface area contributed by atoms with E-state index in [2.05, 4.69) is 5.32 Å². The predicted molar refractivity (Wildman–Crippen MR) is 84.5 cm³/mol. The molecule has 0 saturated heterocycles. The van der Waals surface area contributed by atoms with Gasteiger partial charge in [0.05, 0.1) is 22.1 Å². The smallest absolute Gasteiger partial charge is 0.283 e. The Morgan fingerprint density at radius 1 is 1.26 bits per heavy atom. The second-order valence-electron chi connectivity index (χ2n) is 5.31. The van der Waals surface area contributed by atoms with E-state index >= 15 is 0 Å². The van der Waals surface area contributed by atoms with Crippen LogP contribution in [0.1, 0.15) is 27.5 Å². The Morgan fingerprint density at radius 2 is 2.00 bits per heavy atom. The standard InChI is InChI=1S/C16H13ClN2O4/c17-11-6-3-7-12(19(22)23)14(11)16(21)18-15-10-5-2-1-4-9(10)8-13(15)20/h1-7,13,15,20H,8H2,(H,18,21)/t13-,15-/m1/s1. The molecule has 2 aromatic carbocycles. The Bertz CT molecular complexity index is 793. The van der Waals surface area contributed by atoms with Gasteiger partial charge in [-0.2, -0.15) is 0 Å². The molecule has 0 fully saturated rings. The molecule has 1 aliphatic rings. The molecule has 0 radical (unpaired) electrons. The van der Waals surface area contributed by atoms with E-state index in [0.29, 0.717) is 6.42 Å². The summed E-state index contributed by atoms with van der Waals surface area (Å²) in [7, 11) is 0. The molecular weight excluding hydrogens is 320 g/mol. The number of nitro groups is 1. The molecule has 2 N–H and O–H groups in total. The summed E-state index contributed by atoms with van der Waals surface area (Å²) in [5.74, 6) is -0.678. The van der Waals surface area contributed by atoms with Gasteiger partial charge in [0.25, 0.3) is 11.6 Å². The molecule has 0 bridgehead atoms. The monoisotopic (exact) mass is 332 g/mol. The molecule has 1 aliphatic carbocycles. The summed E-state index contributed by atoms with van der Waals surface area (Å²) < 4.78 is 0. The number of nitrogens with zero attached hydrogens (tertiary/aromatic N) is 1. The summed E-state index contributed by atoms with van der Waals surface area (Å²) in [5.41, 5.74) is 1.19. The fraction of sp³-hybridized carbons (Fsp3) is 0.188. The van der Waals surface area contributed by atoms with Crippen molar-refractivity contribution in [2.24, 2.45) is 0 Å². The van der Waals surface area contributed by atoms with Crippen LogP contribution in [-0.2, 0) is 6.42 Å². The number of amides is 1. The van der Waals surface area contributed by atoms with Gasteiger partial charge in [0.2, 0.25) is 0 Å². The normalized spacial score (nSPS) is 19.2. The molecule has 0 heterocycles. The third-order valence-corrected chi connectivity index (χ3v) is 4.22. The summed E-state index contributed by atoms with van der Waals surface area (Å²) in [6, 6.07) is 10.8. The Hall–Kier alpha value is -2.44. The van der Waals surface area contributed by atoms with E-state index in [-0.39, 0.29) is 16.3 Å². The zero-order valence-corrected chi connectivity index (χ0v) is 12.7. The quantitative estimate of drug-likeness (QED) is 0.667. The minimum Gasteiger partial charge on any atom is -0.390 e. The maximum absolute atomic E-state index is 12.5. The summed E-state index contributed by atoms with van der Waals surface area (Å²) in [6.45, 7) is 0. The predicted octanol–water partition coefficient (Wildman–Crippen LogP) is 2.64. The second-order valence-corrected chi connectivity index (χ2v) is 5.72. The van der Waals surface area contributed by atoms with Crippen LogP contribution in [0.5, 0.6) is 0 Å². The molecule has 2 aromatic rings. The lowest BCUT2D eigenvalue weighted by Gasteiger charge is -2.18. The zero-order chi connectivity index (χ0) is 16.6. The van der Waals surface area contributed by atoms with E-state index in [1.54, 1.807) is 0 Å². The number of rotatable bonds is 3. The molecule has 0 aromatic heterocycles. The van der Waals surface area contributed by atoms with Gasteiger partial charge in [-0.15, -0.1) is 0 Å². The molecule has 0 spiro atoms. The van der Waals surface area contributed by atoms with Gasteiger partial charge in [-0.25, -0.2) is 0 Å². The number of fused-ring (bicyclic) bond motifs is 1. The van der Waals surface area contributed by atoms with E-state index in [9.17, 15) is 20.0 Å². The number of nitro benzene ring substituents is 1. The molecule has 6 nitrogen and oxygen atoms in total. The van der Waals surface area contributed by atoms with Crippen molar-refractivity contribution in [3.63, 3.8) is 0 Å². The number of carbonyl (C=O) groups is 1. The number of halogens is 1. The molecule has 2 atom stereocenters. The highest BCUT2D eigenvalue weighted by Crippen LogP contribution is 2.33. The first-order valence-electron chi connectivity index (χ1n) is 6.98. The van der Waals surface area contributed by atoms with Crippen molar-refractivity contribution in [3.05, 3.63) is 74.3 Å². The van der Waals surface area contributed by atoms with E-state index in [4.69, 9.17) is 11.6 Å². The van der Waals surface area contributed by atoms with Crippen LogP contribution in [0.3, 0.4) is 0 Å². The minimum absolute atomic E-state index is 0.00234. The fourth-order valence-corrected chi connectivity index (χ4v) is 3.11. The third-order valence-electron chi connectivity index (χ3n) is 3.91. The summed E-state index contributed by atoms with van der Waals surface area (Å²) in [5, 5.41) is 23.9. The first kappa shape index (κ1) is 15.5. The number of carbonyl (C=O) groups excluding carboxylic acids is 1. The van der Waals surface area contributed by atoms with Crippen molar-refractivity contribution >= 4 is 23.2 Å². The Labute approximate surface area is 136 Å². The number of nitrogens with one attached hydrogen (secondary N) is 1. The molecule has 0 unspecified atom stereocenters. The molecule has 3 rings (SSSR count). The van der Waals surface area contributed by atoms with Crippen molar-refractivity contribution in [3.8, 4) is 0 Å². The van der Waals surface area contributed by atoms with Crippen LogP contribution in [0.4, 0.5) is 5.69 Å². The maximum Gasteiger partial charge on any atom is 0.283 e. The van der Waals surface area contributed by atoms with Crippen molar-refractivity contribution in [2.75, 3.05) is 0 Å². The van der Waals surface area contributed by atoms with Gasteiger partial charge in [-0.1, -0.05) is 41.9 Å². The van der Waals surface area contributed by atoms with Gasteiger partial charge in [0.1, 0.15) is 5.56 Å². The lowest BCUT2D eigenvalue weighted by atomic mass is 10.1. The van der Waals surface area contributed by atoms with Gasteiger partial charge in [0.15, 0.2) is 0 Å². The average Bonchev–Trinajstić information content (AvgIpc) is 2.83. The molecule has 118 valence electrons. The van der Waals surface area contributed by atoms with Crippen molar-refractivity contribution in [2.45, 2.75) is 18.6 Å². The van der Waals surface area contributed by atoms with E-state index in [1.165, 1.54) is 18.2 Å². The number of aliphatic hydroxyl groups is 1. The van der Waals surface area contributed by atoms with Crippen LogP contribution in [0.2, 0.25) is 5.02 Å². The largest absolute Gasteiger partial charge is 0.390 e. The van der Waals surface area contributed by atoms with Crippen molar-refractivity contribution in [1.29, 1.82) is 0 Å². The minimum atomic E-state index is -0.780. The Balaban J connectivity index is 1.93. The molecule has 1 amide bonds. The second kappa shape index (κ2) is 5.98. The first-order chi connectivity index (χ1) is 11.0. The first-order valence-corrected chi connectivity index (χ1v) is 7.36. The summed E-state index contributed by atoms with van der Waals surface area (Å²) >= 11 is 5.96. The van der Waals surface area contributed by atoms with Crippen LogP contribution in [-0.4, -0.2) is 22.0 Å². The highest BCUT2D eigenvalue weighted by atomic mass is 35.5. The van der Waals surface area contributed by atoms with E-state index < -0.39 is 23.0 Å². The number of benzene rings is 2. The maximum atomic E-state index is 12.5. The van der Waals surface area contributed by atoms with Gasteiger partial charge in [-0.05, 0) is 17.2 Å². The number of hydrogen-bond acceptors (Lipinski definition) is 4. The summed E-state index contributed by atoms with van der Waals surface area (Å²) in [4.78, 5) is 22.9. The van der Waals surface area contributed by atoms with Crippen LogP contribution in [0.15, 0.2) is 42.5 Å².